The molecule has 7 nitrogen and oxygen atoms in total. The standard InChI is InChI=1S/C29H23ClN2O5/c1-32(21-9-7-20(30)8-10-21)22-11-13-26(31-17-22)28(34)19-6-12-24(25(16-19)29(35)36)27(33)15-18-4-3-5-23(14-18)37-2/h3-14,16-17H,15H2,1-2H3,(H,35,36). The van der Waals surface area contributed by atoms with Gasteiger partial charge >= 0.3 is 5.97 Å². The van der Waals surface area contributed by atoms with Gasteiger partial charge in [0.05, 0.1) is 24.6 Å². The monoisotopic (exact) mass is 514 g/mol. The van der Waals surface area contributed by atoms with E-state index >= 15 is 0 Å². The van der Waals surface area contributed by atoms with Gasteiger partial charge in [-0.1, -0.05) is 29.8 Å². The number of Topliss-reactive ketones (excluding diaryl/α,β-unsaturated/α-hetero) is 1. The summed E-state index contributed by atoms with van der Waals surface area (Å²) >= 11 is 5.95. The summed E-state index contributed by atoms with van der Waals surface area (Å²) in [5.41, 5.74) is 2.40. The van der Waals surface area contributed by atoms with Crippen molar-refractivity contribution in [3.05, 3.63) is 118 Å². The minimum atomic E-state index is -1.29. The average Bonchev–Trinajstić information content (AvgIpc) is 2.92. The van der Waals surface area contributed by atoms with E-state index in [9.17, 15) is 19.5 Å². The zero-order valence-corrected chi connectivity index (χ0v) is 20.9. The van der Waals surface area contributed by atoms with Crippen molar-refractivity contribution in [1.29, 1.82) is 0 Å². The molecule has 0 aliphatic carbocycles. The molecule has 0 radical (unpaired) electrons. The van der Waals surface area contributed by atoms with Crippen molar-refractivity contribution >= 4 is 40.5 Å². The van der Waals surface area contributed by atoms with Gasteiger partial charge in [0.15, 0.2) is 5.78 Å². The smallest absolute Gasteiger partial charge is 0.336 e. The highest BCUT2D eigenvalue weighted by molar-refractivity contribution is 6.30. The maximum absolute atomic E-state index is 13.1. The minimum Gasteiger partial charge on any atom is -0.497 e. The molecule has 8 heteroatoms. The number of carbonyl (C=O) groups excluding carboxylic acids is 2. The second kappa shape index (κ2) is 11.1. The molecule has 0 aliphatic rings. The number of nitrogens with zero attached hydrogens (tertiary/aromatic N) is 2. The van der Waals surface area contributed by atoms with Crippen molar-refractivity contribution in [2.75, 3.05) is 19.1 Å². The molecule has 1 heterocycles. The van der Waals surface area contributed by atoms with Gasteiger partial charge in [-0.25, -0.2) is 4.79 Å². The largest absolute Gasteiger partial charge is 0.497 e. The van der Waals surface area contributed by atoms with Crippen LogP contribution in [0.15, 0.2) is 85.1 Å². The van der Waals surface area contributed by atoms with Crippen molar-refractivity contribution in [1.82, 2.24) is 4.98 Å². The molecule has 0 unspecified atom stereocenters. The van der Waals surface area contributed by atoms with E-state index in [0.29, 0.717) is 16.3 Å². The molecule has 0 amide bonds. The van der Waals surface area contributed by atoms with Crippen molar-refractivity contribution in [2.24, 2.45) is 0 Å². The topological polar surface area (TPSA) is 96.8 Å². The lowest BCUT2D eigenvalue weighted by atomic mass is 9.95. The molecule has 0 fully saturated rings. The molecule has 0 atom stereocenters. The van der Waals surface area contributed by atoms with Gasteiger partial charge in [0.25, 0.3) is 0 Å². The van der Waals surface area contributed by atoms with Gasteiger partial charge < -0.3 is 14.7 Å². The molecule has 4 rings (SSSR count). The van der Waals surface area contributed by atoms with Gasteiger partial charge in [-0.3, -0.25) is 14.6 Å². The SMILES string of the molecule is COc1cccc(CC(=O)c2ccc(C(=O)c3ccc(N(C)c4ccc(Cl)cc4)cn3)cc2C(=O)O)c1. The summed E-state index contributed by atoms with van der Waals surface area (Å²) in [7, 11) is 3.39. The molecule has 0 saturated heterocycles. The first-order valence-corrected chi connectivity index (χ1v) is 11.7. The Morgan fingerprint density at radius 2 is 1.65 bits per heavy atom. The second-order valence-electron chi connectivity index (χ2n) is 8.28. The third-order valence-corrected chi connectivity index (χ3v) is 6.15. The van der Waals surface area contributed by atoms with Crippen molar-refractivity contribution in [3.8, 4) is 5.75 Å². The van der Waals surface area contributed by atoms with E-state index in [1.54, 1.807) is 54.7 Å². The highest BCUT2D eigenvalue weighted by atomic mass is 35.5. The van der Waals surface area contributed by atoms with Gasteiger partial charge in [0, 0.05) is 35.3 Å². The van der Waals surface area contributed by atoms with Crippen LogP contribution in [0.25, 0.3) is 0 Å². The Labute approximate surface area is 218 Å². The van der Waals surface area contributed by atoms with E-state index in [4.69, 9.17) is 16.3 Å². The summed E-state index contributed by atoms with van der Waals surface area (Å²) in [5, 5.41) is 10.4. The Balaban J connectivity index is 1.55. The fourth-order valence-corrected chi connectivity index (χ4v) is 3.98. The normalized spacial score (nSPS) is 10.6. The molecule has 0 bridgehead atoms. The number of benzene rings is 3. The summed E-state index contributed by atoms with van der Waals surface area (Å²) in [6.45, 7) is 0. The van der Waals surface area contributed by atoms with Crippen molar-refractivity contribution < 1.29 is 24.2 Å². The summed E-state index contributed by atoms with van der Waals surface area (Å²) in [5.74, 6) is -1.52. The van der Waals surface area contributed by atoms with Crippen LogP contribution in [0.3, 0.4) is 0 Å². The van der Waals surface area contributed by atoms with Gasteiger partial charge in [-0.2, -0.15) is 0 Å². The van der Waals surface area contributed by atoms with E-state index in [1.807, 2.05) is 24.1 Å². The molecule has 186 valence electrons. The molecule has 0 saturated carbocycles. The third-order valence-electron chi connectivity index (χ3n) is 5.89. The number of pyridine rings is 1. The molecule has 0 spiro atoms. The van der Waals surface area contributed by atoms with E-state index in [2.05, 4.69) is 4.98 Å². The highest BCUT2D eigenvalue weighted by Gasteiger charge is 2.21. The Morgan fingerprint density at radius 1 is 0.919 bits per heavy atom. The molecule has 3 aromatic carbocycles. The fourth-order valence-electron chi connectivity index (χ4n) is 3.85. The maximum atomic E-state index is 13.1. The Kier molecular flexibility index (Phi) is 7.65. The van der Waals surface area contributed by atoms with Crippen LogP contribution in [0.5, 0.6) is 5.75 Å². The minimum absolute atomic E-state index is 0.00503. The number of carboxylic acid groups (broad SMARTS) is 1. The highest BCUT2D eigenvalue weighted by Crippen LogP contribution is 2.25. The van der Waals surface area contributed by atoms with E-state index in [1.165, 1.54) is 25.3 Å². The second-order valence-corrected chi connectivity index (χ2v) is 8.72. The molecular formula is C29H23ClN2O5. The number of carbonyl (C=O) groups is 3. The predicted octanol–water partition coefficient (Wildman–Crippen LogP) is 5.87. The van der Waals surface area contributed by atoms with Crippen molar-refractivity contribution in [2.45, 2.75) is 6.42 Å². The summed E-state index contributed by atoms with van der Waals surface area (Å²) in [6.07, 6.45) is 1.56. The quantitative estimate of drug-likeness (QED) is 0.279. The van der Waals surface area contributed by atoms with Gasteiger partial charge in [0.2, 0.25) is 5.78 Å². The molecule has 1 N–H and O–H groups in total. The number of ketones is 2. The fraction of sp³-hybridized carbons (Fsp3) is 0.103. The van der Waals surface area contributed by atoms with Gasteiger partial charge in [-0.15, -0.1) is 0 Å². The zero-order chi connectivity index (χ0) is 26.5. The van der Waals surface area contributed by atoms with Crippen LogP contribution in [-0.2, 0) is 6.42 Å². The predicted molar refractivity (Wildman–Crippen MR) is 142 cm³/mol. The number of rotatable bonds is 9. The summed E-state index contributed by atoms with van der Waals surface area (Å²) in [4.78, 5) is 44.1. The van der Waals surface area contributed by atoms with Crippen LogP contribution in [0.2, 0.25) is 5.02 Å². The number of methoxy groups -OCH3 is 1. The number of aromatic carboxylic acids is 1. The zero-order valence-electron chi connectivity index (χ0n) is 20.1. The Bertz CT molecular complexity index is 1470. The lowest BCUT2D eigenvalue weighted by molar-refractivity contribution is 0.0692. The molecule has 4 aromatic rings. The maximum Gasteiger partial charge on any atom is 0.336 e. The summed E-state index contributed by atoms with van der Waals surface area (Å²) < 4.78 is 5.18. The lowest BCUT2D eigenvalue weighted by Gasteiger charge is -2.19. The van der Waals surface area contributed by atoms with Crippen LogP contribution in [0, 0.1) is 0 Å². The average molecular weight is 515 g/mol. The summed E-state index contributed by atoms with van der Waals surface area (Å²) in [6, 6.07) is 21.7. The van der Waals surface area contributed by atoms with Crippen LogP contribution < -0.4 is 9.64 Å². The number of halogens is 1. The van der Waals surface area contributed by atoms with Crippen LogP contribution in [-0.4, -0.2) is 41.8 Å². The van der Waals surface area contributed by atoms with E-state index in [-0.39, 0.29) is 34.6 Å². The third kappa shape index (κ3) is 5.85. The van der Waals surface area contributed by atoms with Crippen LogP contribution in [0.1, 0.15) is 42.3 Å². The number of aromatic nitrogens is 1. The first kappa shape index (κ1) is 25.6. The van der Waals surface area contributed by atoms with E-state index in [0.717, 1.165) is 11.4 Å². The molecule has 1 aromatic heterocycles. The van der Waals surface area contributed by atoms with Crippen molar-refractivity contribution in [3.63, 3.8) is 0 Å². The Hall–Kier alpha value is -4.49. The lowest BCUT2D eigenvalue weighted by Crippen LogP contribution is -2.14. The number of anilines is 2. The number of hydrogen-bond donors (Lipinski definition) is 1. The number of ether oxygens (including phenoxy) is 1. The molecule has 37 heavy (non-hydrogen) atoms. The number of hydrogen-bond acceptors (Lipinski definition) is 6. The Morgan fingerprint density at radius 3 is 2.30 bits per heavy atom. The first-order valence-electron chi connectivity index (χ1n) is 11.3. The molecular weight excluding hydrogens is 492 g/mol. The van der Waals surface area contributed by atoms with Gasteiger partial charge in [-0.05, 0) is 66.2 Å². The first-order chi connectivity index (χ1) is 17.8. The molecule has 0 aliphatic heterocycles. The van der Waals surface area contributed by atoms with Crippen LogP contribution in [0.4, 0.5) is 11.4 Å². The van der Waals surface area contributed by atoms with Crippen LogP contribution >= 0.6 is 11.6 Å². The van der Waals surface area contributed by atoms with Gasteiger partial charge in [0.1, 0.15) is 11.4 Å². The van der Waals surface area contributed by atoms with E-state index < -0.39 is 11.8 Å². The number of carboxylic acids is 1.